The largest absolute Gasteiger partial charge is 0.339 e. The molecular formula is C13H14BrClN2O. The highest BCUT2D eigenvalue weighted by Crippen LogP contribution is 2.23. The molecule has 0 amide bonds. The fraction of sp³-hybridized carbons (Fsp3) is 0.385. The zero-order chi connectivity index (χ0) is 13.0. The number of rotatable bonds is 5. The molecule has 3 nitrogen and oxygen atoms in total. The lowest BCUT2D eigenvalue weighted by molar-refractivity contribution is 0.378. The highest BCUT2D eigenvalue weighted by Gasteiger charge is 2.14. The number of nitrogens with zero attached hydrogens (tertiary/aromatic N) is 2. The first kappa shape index (κ1) is 13.6. The van der Waals surface area contributed by atoms with Crippen molar-refractivity contribution >= 4 is 27.5 Å². The van der Waals surface area contributed by atoms with E-state index in [1.54, 1.807) is 0 Å². The Balaban J connectivity index is 2.04. The van der Waals surface area contributed by atoms with E-state index in [2.05, 4.69) is 33.0 Å². The number of hydrogen-bond acceptors (Lipinski definition) is 3. The molecule has 0 aliphatic heterocycles. The Labute approximate surface area is 120 Å². The van der Waals surface area contributed by atoms with E-state index in [1.165, 1.54) is 0 Å². The molecule has 0 aliphatic carbocycles. The third-order valence-electron chi connectivity index (χ3n) is 2.57. The maximum Gasteiger partial charge on any atom is 0.231 e. The van der Waals surface area contributed by atoms with Crippen LogP contribution in [0.4, 0.5) is 0 Å². The predicted molar refractivity (Wildman–Crippen MR) is 74.7 cm³/mol. The van der Waals surface area contributed by atoms with Crippen LogP contribution < -0.4 is 0 Å². The van der Waals surface area contributed by atoms with Crippen LogP contribution in [0.25, 0.3) is 0 Å². The molecule has 1 aromatic carbocycles. The van der Waals surface area contributed by atoms with E-state index < -0.39 is 0 Å². The van der Waals surface area contributed by atoms with Gasteiger partial charge in [0, 0.05) is 4.47 Å². The van der Waals surface area contributed by atoms with Crippen LogP contribution in [0, 0.1) is 0 Å². The average Bonchev–Trinajstić information content (AvgIpc) is 2.81. The van der Waals surface area contributed by atoms with E-state index in [-0.39, 0.29) is 5.38 Å². The third kappa shape index (κ3) is 3.56. The smallest absolute Gasteiger partial charge is 0.231 e. The van der Waals surface area contributed by atoms with Gasteiger partial charge in [0.2, 0.25) is 5.89 Å². The molecule has 0 saturated heterocycles. The monoisotopic (exact) mass is 328 g/mol. The molecule has 0 bridgehead atoms. The Morgan fingerprint density at radius 3 is 2.72 bits per heavy atom. The van der Waals surface area contributed by atoms with E-state index in [0.29, 0.717) is 18.1 Å². The summed E-state index contributed by atoms with van der Waals surface area (Å²) in [4.78, 5) is 4.33. The van der Waals surface area contributed by atoms with Crippen molar-refractivity contribution in [2.24, 2.45) is 0 Å². The molecule has 1 heterocycles. The standard InChI is InChI=1S/C13H14BrClN2O/c1-2-3-11(15)13-16-12(18-17-13)8-9-4-6-10(14)7-5-9/h4-7,11H,2-3,8H2,1H3. The van der Waals surface area contributed by atoms with Crippen LogP contribution in [0.3, 0.4) is 0 Å². The Bertz CT molecular complexity index is 498. The van der Waals surface area contributed by atoms with Gasteiger partial charge in [-0.15, -0.1) is 11.6 Å². The molecule has 0 radical (unpaired) electrons. The molecule has 1 atom stereocenters. The normalized spacial score (nSPS) is 12.6. The van der Waals surface area contributed by atoms with Gasteiger partial charge in [-0.25, -0.2) is 0 Å². The zero-order valence-corrected chi connectivity index (χ0v) is 12.4. The SMILES string of the molecule is CCCC(Cl)c1noc(Cc2ccc(Br)cc2)n1. The predicted octanol–water partition coefficient (Wildman–Crippen LogP) is 4.50. The Kier molecular flexibility index (Phi) is 4.78. The summed E-state index contributed by atoms with van der Waals surface area (Å²) < 4.78 is 6.27. The lowest BCUT2D eigenvalue weighted by atomic mass is 10.1. The van der Waals surface area contributed by atoms with Gasteiger partial charge in [0.1, 0.15) is 0 Å². The van der Waals surface area contributed by atoms with E-state index in [1.807, 2.05) is 24.3 Å². The number of aromatic nitrogens is 2. The maximum absolute atomic E-state index is 6.15. The van der Waals surface area contributed by atoms with Crippen molar-refractivity contribution in [1.82, 2.24) is 10.1 Å². The molecule has 2 aromatic rings. The molecule has 1 unspecified atom stereocenters. The van der Waals surface area contributed by atoms with Crippen molar-refractivity contribution in [3.8, 4) is 0 Å². The Hall–Kier alpha value is -0.870. The first-order chi connectivity index (χ1) is 8.69. The first-order valence-electron chi connectivity index (χ1n) is 5.90. The quantitative estimate of drug-likeness (QED) is 0.758. The van der Waals surface area contributed by atoms with Gasteiger partial charge < -0.3 is 4.52 Å². The van der Waals surface area contributed by atoms with Gasteiger partial charge in [-0.05, 0) is 24.1 Å². The van der Waals surface area contributed by atoms with Gasteiger partial charge in [0.05, 0.1) is 11.8 Å². The second-order valence-corrected chi connectivity index (χ2v) is 5.55. The summed E-state index contributed by atoms with van der Waals surface area (Å²) in [5.74, 6) is 1.19. The lowest BCUT2D eigenvalue weighted by Gasteiger charge is -1.99. The number of halogens is 2. The van der Waals surface area contributed by atoms with E-state index in [0.717, 1.165) is 22.9 Å². The van der Waals surface area contributed by atoms with Gasteiger partial charge in [-0.3, -0.25) is 0 Å². The van der Waals surface area contributed by atoms with Crippen molar-refractivity contribution in [2.75, 3.05) is 0 Å². The van der Waals surface area contributed by atoms with E-state index >= 15 is 0 Å². The van der Waals surface area contributed by atoms with E-state index in [4.69, 9.17) is 16.1 Å². The topological polar surface area (TPSA) is 38.9 Å². The van der Waals surface area contributed by atoms with Crippen LogP contribution in [0.1, 0.15) is 42.4 Å². The Morgan fingerprint density at radius 1 is 1.33 bits per heavy atom. The number of benzene rings is 1. The fourth-order valence-corrected chi connectivity index (χ4v) is 2.20. The summed E-state index contributed by atoms with van der Waals surface area (Å²) in [6.07, 6.45) is 2.50. The van der Waals surface area contributed by atoms with Gasteiger partial charge in [0.15, 0.2) is 5.82 Å². The minimum absolute atomic E-state index is 0.155. The summed E-state index contributed by atoms with van der Waals surface area (Å²) >= 11 is 9.55. The lowest BCUT2D eigenvalue weighted by Crippen LogP contribution is -1.94. The van der Waals surface area contributed by atoms with Gasteiger partial charge in [-0.2, -0.15) is 4.98 Å². The van der Waals surface area contributed by atoms with Gasteiger partial charge >= 0.3 is 0 Å². The molecule has 0 fully saturated rings. The summed E-state index contributed by atoms with van der Waals surface area (Å²) in [6.45, 7) is 2.08. The van der Waals surface area contributed by atoms with Crippen LogP contribution in [0.15, 0.2) is 33.3 Å². The van der Waals surface area contributed by atoms with Crippen molar-refractivity contribution in [3.63, 3.8) is 0 Å². The molecule has 18 heavy (non-hydrogen) atoms. The van der Waals surface area contributed by atoms with Crippen LogP contribution in [-0.4, -0.2) is 10.1 Å². The minimum Gasteiger partial charge on any atom is -0.339 e. The molecule has 5 heteroatoms. The van der Waals surface area contributed by atoms with E-state index in [9.17, 15) is 0 Å². The molecule has 0 N–H and O–H groups in total. The number of hydrogen-bond donors (Lipinski definition) is 0. The van der Waals surface area contributed by atoms with Crippen LogP contribution >= 0.6 is 27.5 Å². The second kappa shape index (κ2) is 6.34. The van der Waals surface area contributed by atoms with Gasteiger partial charge in [0.25, 0.3) is 0 Å². The summed E-state index contributed by atoms with van der Waals surface area (Å²) in [6, 6.07) is 8.04. The summed E-state index contributed by atoms with van der Waals surface area (Å²) in [5.41, 5.74) is 1.13. The molecule has 0 aliphatic rings. The summed E-state index contributed by atoms with van der Waals surface area (Å²) in [5, 5.41) is 3.77. The van der Waals surface area contributed by atoms with Crippen molar-refractivity contribution in [1.29, 1.82) is 0 Å². The molecule has 2 rings (SSSR count). The number of alkyl halides is 1. The fourth-order valence-electron chi connectivity index (χ4n) is 1.63. The van der Waals surface area contributed by atoms with Crippen LogP contribution in [0.5, 0.6) is 0 Å². The molecular weight excluding hydrogens is 316 g/mol. The van der Waals surface area contributed by atoms with Crippen molar-refractivity contribution in [3.05, 3.63) is 46.0 Å². The first-order valence-corrected chi connectivity index (χ1v) is 7.13. The van der Waals surface area contributed by atoms with Crippen LogP contribution in [0.2, 0.25) is 0 Å². The van der Waals surface area contributed by atoms with Crippen LogP contribution in [-0.2, 0) is 6.42 Å². The highest BCUT2D eigenvalue weighted by atomic mass is 79.9. The molecule has 0 spiro atoms. The zero-order valence-electron chi connectivity index (χ0n) is 10.1. The molecule has 0 saturated carbocycles. The third-order valence-corrected chi connectivity index (χ3v) is 3.52. The Morgan fingerprint density at radius 2 is 2.06 bits per heavy atom. The minimum atomic E-state index is -0.155. The highest BCUT2D eigenvalue weighted by molar-refractivity contribution is 9.10. The maximum atomic E-state index is 6.15. The van der Waals surface area contributed by atoms with Gasteiger partial charge in [-0.1, -0.05) is 46.6 Å². The van der Waals surface area contributed by atoms with Crippen molar-refractivity contribution < 1.29 is 4.52 Å². The molecule has 96 valence electrons. The summed E-state index contributed by atoms with van der Waals surface area (Å²) in [7, 11) is 0. The second-order valence-electron chi connectivity index (χ2n) is 4.11. The molecule has 1 aromatic heterocycles. The van der Waals surface area contributed by atoms with Crippen molar-refractivity contribution in [2.45, 2.75) is 31.6 Å². The average molecular weight is 330 g/mol.